The van der Waals surface area contributed by atoms with Crippen LogP contribution in [0.25, 0.3) is 11.5 Å². The zero-order valence-electron chi connectivity index (χ0n) is 14.5. The molecule has 1 atom stereocenters. The SMILES string of the molecule is CCc1noc(-c2ccc(CCN=C(N)NC(C)COC)cc2)n1. The van der Waals surface area contributed by atoms with Crippen molar-refractivity contribution in [3.8, 4) is 11.5 Å². The van der Waals surface area contributed by atoms with Crippen molar-refractivity contribution in [2.24, 2.45) is 10.7 Å². The minimum Gasteiger partial charge on any atom is -0.383 e. The van der Waals surface area contributed by atoms with Gasteiger partial charge in [0.1, 0.15) is 0 Å². The first kappa shape index (κ1) is 17.9. The van der Waals surface area contributed by atoms with Gasteiger partial charge in [-0.25, -0.2) is 0 Å². The molecule has 0 fully saturated rings. The quantitative estimate of drug-likeness (QED) is 0.565. The summed E-state index contributed by atoms with van der Waals surface area (Å²) in [6.45, 7) is 5.20. The van der Waals surface area contributed by atoms with Gasteiger partial charge in [0.05, 0.1) is 6.61 Å². The fourth-order valence-corrected chi connectivity index (χ4v) is 2.22. The summed E-state index contributed by atoms with van der Waals surface area (Å²) in [6.07, 6.45) is 1.57. The molecule has 0 saturated carbocycles. The minimum atomic E-state index is 0.139. The highest BCUT2D eigenvalue weighted by Gasteiger charge is 2.07. The Kier molecular flexibility index (Phi) is 6.74. The number of aromatic nitrogens is 2. The normalized spacial score (nSPS) is 13.0. The Morgan fingerprint density at radius 3 is 2.75 bits per heavy atom. The highest BCUT2D eigenvalue weighted by molar-refractivity contribution is 5.78. The number of ether oxygens (including phenoxy) is 1. The van der Waals surface area contributed by atoms with Crippen molar-refractivity contribution in [2.75, 3.05) is 20.3 Å². The van der Waals surface area contributed by atoms with Gasteiger partial charge in [-0.1, -0.05) is 24.2 Å². The Bertz CT molecular complexity index is 651. The van der Waals surface area contributed by atoms with E-state index in [1.807, 2.05) is 38.1 Å². The third kappa shape index (κ3) is 5.34. The van der Waals surface area contributed by atoms with Crippen molar-refractivity contribution in [3.63, 3.8) is 0 Å². The molecule has 0 aliphatic carbocycles. The Hall–Kier alpha value is -2.41. The fraction of sp³-hybridized carbons (Fsp3) is 0.471. The number of rotatable bonds is 8. The van der Waals surface area contributed by atoms with Crippen LogP contribution in [0.5, 0.6) is 0 Å². The lowest BCUT2D eigenvalue weighted by atomic mass is 10.1. The summed E-state index contributed by atoms with van der Waals surface area (Å²) in [5.41, 5.74) is 7.94. The fourth-order valence-electron chi connectivity index (χ4n) is 2.22. The summed E-state index contributed by atoms with van der Waals surface area (Å²) >= 11 is 0. The van der Waals surface area contributed by atoms with Gasteiger partial charge in [-0.15, -0.1) is 0 Å². The summed E-state index contributed by atoms with van der Waals surface area (Å²) < 4.78 is 10.3. The van der Waals surface area contributed by atoms with Gasteiger partial charge in [-0.05, 0) is 31.0 Å². The first-order valence-corrected chi connectivity index (χ1v) is 8.09. The zero-order chi connectivity index (χ0) is 17.4. The third-order valence-corrected chi connectivity index (χ3v) is 3.48. The summed E-state index contributed by atoms with van der Waals surface area (Å²) in [7, 11) is 1.66. The van der Waals surface area contributed by atoms with Gasteiger partial charge in [0.2, 0.25) is 0 Å². The smallest absolute Gasteiger partial charge is 0.257 e. The van der Waals surface area contributed by atoms with Gasteiger partial charge in [-0.3, -0.25) is 4.99 Å². The van der Waals surface area contributed by atoms with Crippen molar-refractivity contribution >= 4 is 5.96 Å². The van der Waals surface area contributed by atoms with Crippen molar-refractivity contribution in [1.29, 1.82) is 0 Å². The molecule has 1 unspecified atom stereocenters. The number of nitrogens with one attached hydrogen (secondary N) is 1. The van der Waals surface area contributed by atoms with E-state index >= 15 is 0 Å². The van der Waals surface area contributed by atoms with E-state index in [1.165, 1.54) is 5.56 Å². The summed E-state index contributed by atoms with van der Waals surface area (Å²) in [5, 5.41) is 6.99. The zero-order valence-corrected chi connectivity index (χ0v) is 14.5. The van der Waals surface area contributed by atoms with Crippen LogP contribution in [0.3, 0.4) is 0 Å². The van der Waals surface area contributed by atoms with E-state index in [2.05, 4.69) is 20.4 Å². The van der Waals surface area contributed by atoms with Crippen molar-refractivity contribution in [3.05, 3.63) is 35.7 Å². The average molecular weight is 331 g/mol. The summed E-state index contributed by atoms with van der Waals surface area (Å²) in [6, 6.07) is 8.18. The monoisotopic (exact) mass is 331 g/mol. The van der Waals surface area contributed by atoms with E-state index in [-0.39, 0.29) is 6.04 Å². The van der Waals surface area contributed by atoms with E-state index in [0.29, 0.717) is 30.8 Å². The van der Waals surface area contributed by atoms with Crippen LogP contribution < -0.4 is 11.1 Å². The second-order valence-electron chi connectivity index (χ2n) is 5.58. The Labute approximate surface area is 142 Å². The number of benzene rings is 1. The van der Waals surface area contributed by atoms with E-state index in [9.17, 15) is 0 Å². The van der Waals surface area contributed by atoms with Crippen LogP contribution in [0.2, 0.25) is 0 Å². The summed E-state index contributed by atoms with van der Waals surface area (Å²) in [4.78, 5) is 8.65. The van der Waals surface area contributed by atoms with Crippen LogP contribution in [0.15, 0.2) is 33.8 Å². The first-order chi connectivity index (χ1) is 11.6. The molecule has 0 amide bonds. The molecule has 2 aromatic rings. The second kappa shape index (κ2) is 9.02. The Morgan fingerprint density at radius 1 is 1.38 bits per heavy atom. The molecule has 3 N–H and O–H groups in total. The number of guanidine groups is 1. The number of aliphatic imine (C=N–C) groups is 1. The molecule has 0 aliphatic rings. The third-order valence-electron chi connectivity index (χ3n) is 3.48. The molecule has 1 heterocycles. The van der Waals surface area contributed by atoms with Crippen molar-refractivity contribution < 1.29 is 9.26 Å². The van der Waals surface area contributed by atoms with Crippen molar-refractivity contribution in [2.45, 2.75) is 32.7 Å². The molecule has 1 aromatic heterocycles. The van der Waals surface area contributed by atoms with E-state index in [0.717, 1.165) is 18.4 Å². The number of nitrogens with zero attached hydrogens (tertiary/aromatic N) is 3. The van der Waals surface area contributed by atoms with Gasteiger partial charge in [0.15, 0.2) is 11.8 Å². The number of methoxy groups -OCH3 is 1. The highest BCUT2D eigenvalue weighted by Crippen LogP contribution is 2.18. The van der Waals surface area contributed by atoms with Crippen LogP contribution >= 0.6 is 0 Å². The Morgan fingerprint density at radius 2 is 2.12 bits per heavy atom. The Balaban J connectivity index is 1.85. The number of hydrogen-bond acceptors (Lipinski definition) is 5. The molecule has 0 aliphatic heterocycles. The largest absolute Gasteiger partial charge is 0.383 e. The van der Waals surface area contributed by atoms with Crippen LogP contribution in [0.1, 0.15) is 25.2 Å². The van der Waals surface area contributed by atoms with Crippen LogP contribution in [-0.4, -0.2) is 42.4 Å². The van der Waals surface area contributed by atoms with Crippen LogP contribution in [0, 0.1) is 0 Å². The molecule has 130 valence electrons. The molecular formula is C17H25N5O2. The maximum Gasteiger partial charge on any atom is 0.257 e. The lowest BCUT2D eigenvalue weighted by molar-refractivity contribution is 0.179. The summed E-state index contributed by atoms with van der Waals surface area (Å²) in [5.74, 6) is 1.71. The second-order valence-corrected chi connectivity index (χ2v) is 5.58. The molecule has 0 spiro atoms. The first-order valence-electron chi connectivity index (χ1n) is 8.09. The molecule has 0 radical (unpaired) electrons. The predicted molar refractivity (Wildman–Crippen MR) is 93.8 cm³/mol. The van der Waals surface area contributed by atoms with Crippen molar-refractivity contribution in [1.82, 2.24) is 15.5 Å². The lowest BCUT2D eigenvalue weighted by Gasteiger charge is -2.12. The lowest BCUT2D eigenvalue weighted by Crippen LogP contribution is -2.40. The molecule has 7 heteroatoms. The molecule has 0 saturated heterocycles. The molecule has 0 bridgehead atoms. The molecule has 1 aromatic carbocycles. The molecule has 24 heavy (non-hydrogen) atoms. The van der Waals surface area contributed by atoms with Gasteiger partial charge in [-0.2, -0.15) is 4.98 Å². The number of hydrogen-bond donors (Lipinski definition) is 2. The molecular weight excluding hydrogens is 306 g/mol. The van der Waals surface area contributed by atoms with E-state index in [4.69, 9.17) is 15.0 Å². The maximum atomic E-state index is 5.84. The van der Waals surface area contributed by atoms with Gasteiger partial charge in [0.25, 0.3) is 5.89 Å². The van der Waals surface area contributed by atoms with Gasteiger partial charge < -0.3 is 20.3 Å². The van der Waals surface area contributed by atoms with E-state index in [1.54, 1.807) is 7.11 Å². The highest BCUT2D eigenvalue weighted by atomic mass is 16.5. The average Bonchev–Trinajstić information content (AvgIpc) is 3.04. The number of nitrogens with two attached hydrogens (primary N) is 1. The molecule has 2 rings (SSSR count). The standard InChI is InChI=1S/C17H25N5O2/c1-4-15-21-16(24-22-15)14-7-5-13(6-8-14)9-10-19-17(18)20-12(2)11-23-3/h5-8,12H,4,9-11H2,1-3H3,(H3,18,19,20). The van der Waals surface area contributed by atoms with Crippen LogP contribution in [-0.2, 0) is 17.6 Å². The number of aryl methyl sites for hydroxylation is 1. The topological polar surface area (TPSA) is 98.6 Å². The predicted octanol–water partition coefficient (Wildman–Crippen LogP) is 1.78. The minimum absolute atomic E-state index is 0.139. The molecule has 7 nitrogen and oxygen atoms in total. The van der Waals surface area contributed by atoms with Gasteiger partial charge in [0, 0.05) is 31.7 Å². The van der Waals surface area contributed by atoms with Crippen LogP contribution in [0.4, 0.5) is 0 Å². The van der Waals surface area contributed by atoms with E-state index < -0.39 is 0 Å². The van der Waals surface area contributed by atoms with Gasteiger partial charge >= 0.3 is 0 Å². The maximum absolute atomic E-state index is 5.84.